The van der Waals surface area contributed by atoms with Crippen LogP contribution in [0, 0.1) is 5.41 Å². The van der Waals surface area contributed by atoms with Crippen LogP contribution in [0.3, 0.4) is 0 Å². The fraction of sp³-hybridized carbons (Fsp3) is 0.0909. The first kappa shape index (κ1) is 10.2. The van der Waals surface area contributed by atoms with Gasteiger partial charge in [-0.1, -0.05) is 30.3 Å². The van der Waals surface area contributed by atoms with E-state index in [0.29, 0.717) is 5.70 Å². The average molecular weight is 187 g/mol. The lowest BCUT2D eigenvalue weighted by atomic mass is 10.1. The van der Waals surface area contributed by atoms with E-state index in [1.54, 1.807) is 0 Å². The summed E-state index contributed by atoms with van der Waals surface area (Å²) >= 11 is 0. The van der Waals surface area contributed by atoms with Crippen molar-refractivity contribution in [1.82, 2.24) is 0 Å². The van der Waals surface area contributed by atoms with Crippen molar-refractivity contribution in [2.24, 2.45) is 10.7 Å². The molecule has 0 radical (unpaired) electrons. The summed E-state index contributed by atoms with van der Waals surface area (Å²) in [6, 6.07) is 9.83. The van der Waals surface area contributed by atoms with Gasteiger partial charge in [0.05, 0.1) is 11.9 Å². The minimum absolute atomic E-state index is 0.347. The van der Waals surface area contributed by atoms with Gasteiger partial charge in [0.1, 0.15) is 0 Å². The molecule has 0 aliphatic carbocycles. The molecule has 0 unspecified atom stereocenters. The van der Waals surface area contributed by atoms with Crippen LogP contribution >= 0.6 is 0 Å². The Hall–Kier alpha value is -1.90. The molecular weight excluding hydrogens is 174 g/mol. The molecule has 1 rings (SSSR count). The van der Waals surface area contributed by atoms with Crippen molar-refractivity contribution >= 4 is 11.9 Å². The van der Waals surface area contributed by atoms with Crippen LogP contribution in [0.2, 0.25) is 0 Å². The summed E-state index contributed by atoms with van der Waals surface area (Å²) in [5.74, 6) is 0. The van der Waals surface area contributed by atoms with E-state index in [1.807, 2.05) is 37.3 Å². The van der Waals surface area contributed by atoms with E-state index in [4.69, 9.17) is 11.1 Å². The molecule has 0 fully saturated rings. The van der Waals surface area contributed by atoms with E-state index in [-0.39, 0.29) is 0 Å². The van der Waals surface area contributed by atoms with Gasteiger partial charge in [-0.05, 0) is 12.5 Å². The summed E-state index contributed by atoms with van der Waals surface area (Å²) in [5.41, 5.74) is 7.70. The second-order valence-electron chi connectivity index (χ2n) is 2.85. The molecule has 3 heteroatoms. The lowest BCUT2D eigenvalue weighted by Gasteiger charge is -1.97. The van der Waals surface area contributed by atoms with Crippen molar-refractivity contribution in [3.05, 3.63) is 47.8 Å². The first-order chi connectivity index (χ1) is 6.74. The molecule has 1 aromatic rings. The molecule has 0 bridgehead atoms. The molecule has 0 aliphatic heterocycles. The summed E-state index contributed by atoms with van der Waals surface area (Å²) in [4.78, 5) is 4.14. The SMILES string of the molecule is C/C(=N\C=C(\N)C=N)c1ccccc1. The van der Waals surface area contributed by atoms with Crippen LogP contribution in [-0.4, -0.2) is 11.9 Å². The molecule has 72 valence electrons. The summed E-state index contributed by atoms with van der Waals surface area (Å²) in [6.07, 6.45) is 2.55. The largest absolute Gasteiger partial charge is 0.396 e. The lowest BCUT2D eigenvalue weighted by Crippen LogP contribution is -1.98. The van der Waals surface area contributed by atoms with Crippen molar-refractivity contribution in [1.29, 1.82) is 5.41 Å². The molecule has 0 saturated heterocycles. The summed E-state index contributed by atoms with van der Waals surface area (Å²) < 4.78 is 0. The Morgan fingerprint density at radius 2 is 2.00 bits per heavy atom. The van der Waals surface area contributed by atoms with Crippen molar-refractivity contribution in [3.8, 4) is 0 Å². The van der Waals surface area contributed by atoms with Crippen LogP contribution in [0.5, 0.6) is 0 Å². The molecule has 1 aromatic carbocycles. The fourth-order valence-corrected chi connectivity index (χ4v) is 0.963. The van der Waals surface area contributed by atoms with E-state index in [2.05, 4.69) is 4.99 Å². The molecular formula is C11H13N3. The number of nitrogens with one attached hydrogen (secondary N) is 1. The monoisotopic (exact) mass is 187 g/mol. The predicted molar refractivity (Wildman–Crippen MR) is 59.7 cm³/mol. The third-order valence-electron chi connectivity index (χ3n) is 1.77. The summed E-state index contributed by atoms with van der Waals surface area (Å²) in [5, 5.41) is 6.87. The maximum absolute atomic E-state index is 6.87. The average Bonchev–Trinajstić information content (AvgIpc) is 2.26. The number of nitrogens with two attached hydrogens (primary N) is 1. The van der Waals surface area contributed by atoms with E-state index < -0.39 is 0 Å². The van der Waals surface area contributed by atoms with Gasteiger partial charge in [0.2, 0.25) is 0 Å². The number of nitrogens with zero attached hydrogens (tertiary/aromatic N) is 1. The highest BCUT2D eigenvalue weighted by atomic mass is 14.7. The van der Waals surface area contributed by atoms with Gasteiger partial charge in [0.15, 0.2) is 0 Å². The van der Waals surface area contributed by atoms with E-state index >= 15 is 0 Å². The molecule has 0 aliphatic rings. The zero-order valence-electron chi connectivity index (χ0n) is 8.07. The molecule has 14 heavy (non-hydrogen) atoms. The number of aliphatic imine (C=N–C) groups is 1. The number of hydrogen-bond donors (Lipinski definition) is 2. The zero-order valence-corrected chi connectivity index (χ0v) is 8.07. The minimum atomic E-state index is 0.347. The van der Waals surface area contributed by atoms with E-state index in [0.717, 1.165) is 17.5 Å². The Balaban J connectivity index is 2.86. The number of hydrogen-bond acceptors (Lipinski definition) is 3. The quantitative estimate of drug-likeness (QED) is 0.698. The van der Waals surface area contributed by atoms with Gasteiger partial charge in [-0.15, -0.1) is 0 Å². The van der Waals surface area contributed by atoms with E-state index in [1.165, 1.54) is 6.20 Å². The minimum Gasteiger partial charge on any atom is -0.396 e. The highest BCUT2D eigenvalue weighted by Crippen LogP contribution is 2.00. The van der Waals surface area contributed by atoms with Crippen molar-refractivity contribution in [2.45, 2.75) is 6.92 Å². The summed E-state index contributed by atoms with van der Waals surface area (Å²) in [7, 11) is 0. The zero-order chi connectivity index (χ0) is 10.4. The van der Waals surface area contributed by atoms with Crippen molar-refractivity contribution < 1.29 is 0 Å². The third-order valence-corrected chi connectivity index (χ3v) is 1.77. The highest BCUT2D eigenvalue weighted by Gasteiger charge is 1.92. The Bertz CT molecular complexity index is 363. The molecule has 0 aromatic heterocycles. The second kappa shape index (κ2) is 4.97. The van der Waals surface area contributed by atoms with Crippen LogP contribution < -0.4 is 5.73 Å². The number of rotatable bonds is 3. The van der Waals surface area contributed by atoms with Gasteiger partial charge in [-0.2, -0.15) is 0 Å². The molecule has 0 spiro atoms. The maximum Gasteiger partial charge on any atom is 0.0678 e. The van der Waals surface area contributed by atoms with Crippen LogP contribution in [0.25, 0.3) is 0 Å². The van der Waals surface area contributed by atoms with Crippen molar-refractivity contribution in [3.63, 3.8) is 0 Å². The topological polar surface area (TPSA) is 62.2 Å². The predicted octanol–water partition coefficient (Wildman–Crippen LogP) is 1.95. The fourth-order valence-electron chi connectivity index (χ4n) is 0.963. The van der Waals surface area contributed by atoms with Gasteiger partial charge >= 0.3 is 0 Å². The molecule has 0 heterocycles. The van der Waals surface area contributed by atoms with Gasteiger partial charge in [-0.25, -0.2) is 0 Å². The second-order valence-corrected chi connectivity index (χ2v) is 2.85. The number of benzene rings is 1. The van der Waals surface area contributed by atoms with E-state index in [9.17, 15) is 0 Å². The standard InChI is InChI=1S/C11H13N3/c1-9(14-8-11(13)7-12)10-5-3-2-4-6-10/h2-8,12H,13H2,1H3/b11-8+,12-7?,14-9+. The smallest absolute Gasteiger partial charge is 0.0678 e. The van der Waals surface area contributed by atoms with Crippen molar-refractivity contribution in [2.75, 3.05) is 0 Å². The van der Waals surface area contributed by atoms with Crippen LogP contribution in [-0.2, 0) is 0 Å². The Labute approximate surface area is 83.5 Å². The van der Waals surface area contributed by atoms with Crippen LogP contribution in [0.4, 0.5) is 0 Å². The lowest BCUT2D eigenvalue weighted by molar-refractivity contribution is 1.38. The van der Waals surface area contributed by atoms with Gasteiger partial charge < -0.3 is 11.1 Å². The van der Waals surface area contributed by atoms with Crippen LogP contribution in [0.15, 0.2) is 47.2 Å². The summed E-state index contributed by atoms with van der Waals surface area (Å²) in [6.45, 7) is 1.91. The Morgan fingerprint density at radius 1 is 1.36 bits per heavy atom. The Morgan fingerprint density at radius 3 is 2.57 bits per heavy atom. The molecule has 3 N–H and O–H groups in total. The molecule has 0 saturated carbocycles. The third kappa shape index (κ3) is 2.86. The van der Waals surface area contributed by atoms with Gasteiger partial charge in [0, 0.05) is 11.9 Å². The number of allylic oxidation sites excluding steroid dienone is 1. The van der Waals surface area contributed by atoms with Gasteiger partial charge in [0.25, 0.3) is 0 Å². The Kier molecular flexibility index (Phi) is 3.61. The first-order valence-corrected chi connectivity index (χ1v) is 4.30. The molecule has 0 atom stereocenters. The molecule has 3 nitrogen and oxygen atoms in total. The highest BCUT2D eigenvalue weighted by molar-refractivity contribution is 5.99. The maximum atomic E-state index is 6.87. The molecule has 0 amide bonds. The normalized spacial score (nSPS) is 12.6. The van der Waals surface area contributed by atoms with Crippen LogP contribution in [0.1, 0.15) is 12.5 Å². The van der Waals surface area contributed by atoms with Gasteiger partial charge in [-0.3, -0.25) is 4.99 Å². The first-order valence-electron chi connectivity index (χ1n) is 4.30.